The van der Waals surface area contributed by atoms with E-state index in [9.17, 15) is 4.79 Å². The smallest absolute Gasteiger partial charge is 0.260 e. The third kappa shape index (κ3) is 2.36. The fraction of sp³-hybridized carbons (Fsp3) is 0.250. The molecule has 0 aliphatic heterocycles. The fourth-order valence-electron chi connectivity index (χ4n) is 1.76. The zero-order valence-corrected chi connectivity index (χ0v) is 11.1. The molecule has 94 valence electrons. The van der Waals surface area contributed by atoms with Gasteiger partial charge in [0.25, 0.3) is 5.91 Å². The van der Waals surface area contributed by atoms with Gasteiger partial charge in [0.15, 0.2) is 0 Å². The molecule has 6 heteroatoms. The quantitative estimate of drug-likeness (QED) is 0.847. The van der Waals surface area contributed by atoms with Gasteiger partial charge in [-0.15, -0.1) is 0 Å². The van der Waals surface area contributed by atoms with Gasteiger partial charge >= 0.3 is 0 Å². The third-order valence-corrected chi connectivity index (χ3v) is 2.90. The van der Waals surface area contributed by atoms with Gasteiger partial charge in [-0.25, -0.2) is 4.98 Å². The predicted octanol–water partition coefficient (Wildman–Crippen LogP) is 2.34. The van der Waals surface area contributed by atoms with Crippen molar-refractivity contribution in [3.63, 3.8) is 0 Å². The normalized spacial score (nSPS) is 10.4. The van der Waals surface area contributed by atoms with E-state index in [2.05, 4.69) is 15.4 Å². The number of halogens is 1. The van der Waals surface area contributed by atoms with Crippen molar-refractivity contribution in [1.82, 2.24) is 14.8 Å². The predicted molar refractivity (Wildman–Crippen MR) is 69.9 cm³/mol. The minimum Gasteiger partial charge on any atom is -0.306 e. The first-order valence-electron chi connectivity index (χ1n) is 5.43. The molecule has 1 amide bonds. The number of rotatable bonds is 2. The Hall–Kier alpha value is -1.88. The summed E-state index contributed by atoms with van der Waals surface area (Å²) >= 11 is 5.76. The number of nitrogens with one attached hydrogen (secondary N) is 1. The zero-order chi connectivity index (χ0) is 13.3. The molecule has 0 atom stereocenters. The van der Waals surface area contributed by atoms with Crippen molar-refractivity contribution in [3.05, 3.63) is 40.3 Å². The van der Waals surface area contributed by atoms with E-state index >= 15 is 0 Å². The Morgan fingerprint density at radius 3 is 2.67 bits per heavy atom. The first-order chi connectivity index (χ1) is 8.49. The summed E-state index contributed by atoms with van der Waals surface area (Å²) in [6, 6.07) is 5.07. The summed E-state index contributed by atoms with van der Waals surface area (Å²) in [7, 11) is 1.80. The van der Waals surface area contributed by atoms with Crippen molar-refractivity contribution < 1.29 is 4.79 Å². The van der Waals surface area contributed by atoms with E-state index < -0.39 is 0 Å². The van der Waals surface area contributed by atoms with Crippen LogP contribution >= 0.6 is 11.6 Å². The van der Waals surface area contributed by atoms with Crippen molar-refractivity contribution in [2.75, 3.05) is 5.32 Å². The van der Waals surface area contributed by atoms with Crippen LogP contribution in [0.3, 0.4) is 0 Å². The van der Waals surface area contributed by atoms with Crippen LogP contribution in [0.25, 0.3) is 0 Å². The maximum Gasteiger partial charge on any atom is 0.260 e. The van der Waals surface area contributed by atoms with Gasteiger partial charge < -0.3 is 5.32 Å². The molecule has 0 aliphatic carbocycles. The van der Waals surface area contributed by atoms with Gasteiger partial charge in [-0.3, -0.25) is 9.48 Å². The first kappa shape index (κ1) is 12.6. The summed E-state index contributed by atoms with van der Waals surface area (Å²) in [5, 5.41) is 7.25. The molecule has 0 bridgehead atoms. The van der Waals surface area contributed by atoms with Gasteiger partial charge in [-0.05, 0) is 26.0 Å². The highest BCUT2D eigenvalue weighted by molar-refractivity contribution is 6.29. The molecular formula is C12H13ClN4O. The summed E-state index contributed by atoms with van der Waals surface area (Å²) in [5.74, 6) is 0.197. The lowest BCUT2D eigenvalue weighted by Gasteiger charge is -2.04. The van der Waals surface area contributed by atoms with E-state index in [1.54, 1.807) is 36.9 Å². The van der Waals surface area contributed by atoms with Crippen LogP contribution in [-0.2, 0) is 7.05 Å². The summed E-state index contributed by atoms with van der Waals surface area (Å²) in [5.41, 5.74) is 2.07. The molecule has 1 N–H and O–H groups in total. The third-order valence-electron chi connectivity index (χ3n) is 2.69. The van der Waals surface area contributed by atoms with Crippen molar-refractivity contribution in [2.24, 2.45) is 7.05 Å². The second kappa shape index (κ2) is 4.78. The molecule has 0 fully saturated rings. The van der Waals surface area contributed by atoms with Gasteiger partial charge in [0.1, 0.15) is 11.0 Å². The highest BCUT2D eigenvalue weighted by Gasteiger charge is 2.17. The lowest BCUT2D eigenvalue weighted by Crippen LogP contribution is -2.15. The number of carbonyl (C=O) groups is 1. The molecule has 0 radical (unpaired) electrons. The molecule has 0 saturated heterocycles. The molecule has 0 spiro atoms. The highest BCUT2D eigenvalue weighted by atomic mass is 35.5. The highest BCUT2D eigenvalue weighted by Crippen LogP contribution is 2.15. The SMILES string of the molecule is Cc1nn(C)c(C)c1C(=O)Nc1cccc(Cl)n1. The van der Waals surface area contributed by atoms with Gasteiger partial charge in [0, 0.05) is 12.7 Å². The number of nitrogens with zero attached hydrogens (tertiary/aromatic N) is 3. The Morgan fingerprint density at radius 2 is 2.11 bits per heavy atom. The maximum atomic E-state index is 12.1. The Kier molecular flexibility index (Phi) is 3.34. The molecule has 2 aromatic heterocycles. The Balaban J connectivity index is 2.27. The van der Waals surface area contributed by atoms with Crippen molar-refractivity contribution in [3.8, 4) is 0 Å². The molecule has 2 rings (SSSR count). The summed E-state index contributed by atoms with van der Waals surface area (Å²) in [4.78, 5) is 16.1. The number of carbonyl (C=O) groups excluding carboxylic acids is 1. The second-order valence-electron chi connectivity index (χ2n) is 3.97. The van der Waals surface area contributed by atoms with Gasteiger partial charge in [0.2, 0.25) is 0 Å². The molecule has 18 heavy (non-hydrogen) atoms. The number of anilines is 1. The number of hydrogen-bond donors (Lipinski definition) is 1. The van der Waals surface area contributed by atoms with Crippen molar-refractivity contribution >= 4 is 23.3 Å². The number of amides is 1. The second-order valence-corrected chi connectivity index (χ2v) is 4.36. The van der Waals surface area contributed by atoms with Gasteiger partial charge in [0.05, 0.1) is 11.3 Å². The number of aromatic nitrogens is 3. The molecule has 5 nitrogen and oxygen atoms in total. The van der Waals surface area contributed by atoms with E-state index in [0.29, 0.717) is 22.2 Å². The van der Waals surface area contributed by atoms with Crippen LogP contribution in [0, 0.1) is 13.8 Å². The average Bonchev–Trinajstić information content (AvgIpc) is 2.53. The fourth-order valence-corrected chi connectivity index (χ4v) is 1.92. The van der Waals surface area contributed by atoms with Crippen LogP contribution in [0.15, 0.2) is 18.2 Å². The van der Waals surface area contributed by atoms with E-state index in [1.807, 2.05) is 6.92 Å². The number of hydrogen-bond acceptors (Lipinski definition) is 3. The molecule has 0 unspecified atom stereocenters. The average molecular weight is 265 g/mol. The van der Waals surface area contributed by atoms with E-state index in [4.69, 9.17) is 11.6 Å². The molecule has 0 aromatic carbocycles. The zero-order valence-electron chi connectivity index (χ0n) is 10.4. The van der Waals surface area contributed by atoms with Crippen molar-refractivity contribution in [1.29, 1.82) is 0 Å². The van der Waals surface area contributed by atoms with Crippen LogP contribution in [0.2, 0.25) is 5.15 Å². The Labute approximate surface area is 110 Å². The molecular weight excluding hydrogens is 252 g/mol. The molecule has 2 heterocycles. The monoisotopic (exact) mass is 264 g/mol. The summed E-state index contributed by atoms with van der Waals surface area (Å²) in [6.45, 7) is 3.65. The van der Waals surface area contributed by atoms with Gasteiger partial charge in [-0.1, -0.05) is 17.7 Å². The van der Waals surface area contributed by atoms with E-state index in [-0.39, 0.29) is 5.91 Å². The number of aryl methyl sites for hydroxylation is 2. The lowest BCUT2D eigenvalue weighted by molar-refractivity contribution is 0.102. The molecule has 0 saturated carbocycles. The van der Waals surface area contributed by atoms with Crippen LogP contribution in [-0.4, -0.2) is 20.7 Å². The van der Waals surface area contributed by atoms with E-state index in [1.165, 1.54) is 0 Å². The summed E-state index contributed by atoms with van der Waals surface area (Å²) < 4.78 is 1.68. The van der Waals surface area contributed by atoms with Crippen LogP contribution in [0.1, 0.15) is 21.7 Å². The van der Waals surface area contributed by atoms with E-state index in [0.717, 1.165) is 5.69 Å². The van der Waals surface area contributed by atoms with Crippen LogP contribution < -0.4 is 5.32 Å². The Morgan fingerprint density at radius 1 is 1.39 bits per heavy atom. The van der Waals surface area contributed by atoms with Gasteiger partial charge in [-0.2, -0.15) is 5.10 Å². The molecule has 2 aromatic rings. The minimum absolute atomic E-state index is 0.229. The first-order valence-corrected chi connectivity index (χ1v) is 5.81. The Bertz CT molecular complexity index is 606. The van der Waals surface area contributed by atoms with Crippen molar-refractivity contribution in [2.45, 2.75) is 13.8 Å². The summed E-state index contributed by atoms with van der Waals surface area (Å²) in [6.07, 6.45) is 0. The van der Waals surface area contributed by atoms with Crippen LogP contribution in [0.5, 0.6) is 0 Å². The molecule has 0 aliphatic rings. The lowest BCUT2D eigenvalue weighted by atomic mass is 10.2. The van der Waals surface area contributed by atoms with Crippen LogP contribution in [0.4, 0.5) is 5.82 Å². The minimum atomic E-state index is -0.229. The maximum absolute atomic E-state index is 12.1. The topological polar surface area (TPSA) is 59.8 Å². The standard InChI is InChI=1S/C12H13ClN4O/c1-7-11(8(2)17(3)16-7)12(18)15-10-6-4-5-9(13)14-10/h4-6H,1-3H3,(H,14,15,18). The largest absolute Gasteiger partial charge is 0.306 e. The number of pyridine rings is 1.